The number of carbonyl (C=O) groups excluding carboxylic acids is 1. The van der Waals surface area contributed by atoms with Crippen LogP contribution in [0, 0.1) is 11.6 Å². The van der Waals surface area contributed by atoms with Gasteiger partial charge in [0.2, 0.25) is 17.6 Å². The van der Waals surface area contributed by atoms with Crippen molar-refractivity contribution >= 4 is 5.91 Å². The summed E-state index contributed by atoms with van der Waals surface area (Å²) >= 11 is 0. The molecule has 0 saturated carbocycles. The van der Waals surface area contributed by atoms with E-state index < -0.39 is 11.7 Å². The Morgan fingerprint density at radius 3 is 2.62 bits per heavy atom. The number of hydrogen-bond donors (Lipinski definition) is 1. The molecule has 0 atom stereocenters. The maximum Gasteiger partial charge on any atom is 0.243 e. The first-order chi connectivity index (χ1) is 15.5. The van der Waals surface area contributed by atoms with Crippen molar-refractivity contribution in [3.63, 3.8) is 0 Å². The van der Waals surface area contributed by atoms with Crippen molar-refractivity contribution in [1.82, 2.24) is 10.1 Å². The molecule has 170 valence electrons. The van der Waals surface area contributed by atoms with Gasteiger partial charge in [-0.2, -0.15) is 4.98 Å². The minimum atomic E-state index is -0.543. The quantitative estimate of drug-likeness (QED) is 0.423. The first kappa shape index (κ1) is 23.3. The lowest BCUT2D eigenvalue weighted by atomic mass is 10.0. The molecule has 1 aromatic heterocycles. The van der Waals surface area contributed by atoms with Crippen molar-refractivity contribution in [1.29, 1.82) is 0 Å². The second-order valence-electron chi connectivity index (χ2n) is 7.31. The number of nitrogens with two attached hydrogens (primary N) is 1. The van der Waals surface area contributed by atoms with Crippen LogP contribution < -0.4 is 10.5 Å². The molecule has 0 aliphatic carbocycles. The van der Waals surface area contributed by atoms with Gasteiger partial charge in [0.1, 0.15) is 12.4 Å². The van der Waals surface area contributed by atoms with Gasteiger partial charge in [-0.15, -0.1) is 0 Å². The first-order valence-corrected chi connectivity index (χ1v) is 10.3. The summed E-state index contributed by atoms with van der Waals surface area (Å²) in [6.07, 6.45) is 3.62. The number of nitrogens with zero attached hydrogens (tertiary/aromatic N) is 2. The highest BCUT2D eigenvalue weighted by atomic mass is 19.1. The summed E-state index contributed by atoms with van der Waals surface area (Å²) in [5.41, 5.74) is 7.04. The highest BCUT2D eigenvalue weighted by Gasteiger charge is 2.12. The van der Waals surface area contributed by atoms with Crippen LogP contribution in [0.2, 0.25) is 0 Å². The number of ether oxygens (including phenoxy) is 2. The molecule has 2 N–H and O–H groups in total. The fourth-order valence-electron chi connectivity index (χ4n) is 3.22. The van der Waals surface area contributed by atoms with Crippen molar-refractivity contribution in [3.05, 3.63) is 65.1 Å². The molecule has 0 bridgehead atoms. The lowest BCUT2D eigenvalue weighted by Crippen LogP contribution is -2.17. The van der Waals surface area contributed by atoms with Gasteiger partial charge >= 0.3 is 0 Å². The first-order valence-electron chi connectivity index (χ1n) is 10.3. The summed E-state index contributed by atoms with van der Waals surface area (Å²) in [5.74, 6) is -0.290. The Kier molecular flexibility index (Phi) is 8.27. The van der Waals surface area contributed by atoms with Gasteiger partial charge in [-0.1, -0.05) is 23.7 Å². The molecule has 9 heteroatoms. The molecule has 0 unspecified atom stereocenters. The maximum atomic E-state index is 14.1. The average Bonchev–Trinajstić information content (AvgIpc) is 3.24. The number of aryl methyl sites for hydroxylation is 2. The molecule has 1 heterocycles. The van der Waals surface area contributed by atoms with Crippen LogP contribution in [0.4, 0.5) is 8.78 Å². The zero-order valence-corrected chi connectivity index (χ0v) is 17.8. The summed E-state index contributed by atoms with van der Waals surface area (Å²) in [6, 6.07) is 9.16. The van der Waals surface area contributed by atoms with E-state index in [0.29, 0.717) is 35.7 Å². The normalized spacial score (nSPS) is 11.0. The molecule has 0 aliphatic rings. The number of benzene rings is 2. The molecule has 0 saturated heterocycles. The Hall–Kier alpha value is -3.33. The largest absolute Gasteiger partial charge is 0.494 e. The van der Waals surface area contributed by atoms with Crippen molar-refractivity contribution in [2.45, 2.75) is 38.7 Å². The van der Waals surface area contributed by atoms with E-state index in [1.165, 1.54) is 25.3 Å². The number of methoxy groups -OCH3 is 1. The zero-order valence-electron chi connectivity index (χ0n) is 17.8. The molecular formula is C23H25F2N3O4. The van der Waals surface area contributed by atoms with Gasteiger partial charge in [0.15, 0.2) is 11.6 Å². The predicted molar refractivity (Wildman–Crippen MR) is 113 cm³/mol. The van der Waals surface area contributed by atoms with E-state index in [2.05, 4.69) is 10.1 Å². The lowest BCUT2D eigenvalue weighted by Gasteiger charge is -2.07. The van der Waals surface area contributed by atoms with Crippen LogP contribution in [0.5, 0.6) is 5.75 Å². The second-order valence-corrected chi connectivity index (χ2v) is 7.31. The smallest absolute Gasteiger partial charge is 0.243 e. The Morgan fingerprint density at radius 2 is 1.84 bits per heavy atom. The summed E-state index contributed by atoms with van der Waals surface area (Å²) in [6.45, 7) is 0.0362. The molecular weight excluding hydrogens is 420 g/mol. The van der Waals surface area contributed by atoms with E-state index in [1.807, 2.05) is 0 Å². The van der Waals surface area contributed by atoms with Crippen LogP contribution in [-0.2, 0) is 29.0 Å². The van der Waals surface area contributed by atoms with Crippen molar-refractivity contribution in [3.8, 4) is 17.1 Å². The number of aromatic nitrogens is 2. The van der Waals surface area contributed by atoms with E-state index in [9.17, 15) is 13.6 Å². The predicted octanol–water partition coefficient (Wildman–Crippen LogP) is 3.98. The topological polar surface area (TPSA) is 100 Å². The SMILES string of the molecule is COc1cc(-c2noc(CCCCCc3cc(COCC(N)=O)ccc3F)n2)ccc1F. The van der Waals surface area contributed by atoms with Gasteiger partial charge < -0.3 is 19.7 Å². The summed E-state index contributed by atoms with van der Waals surface area (Å²) in [4.78, 5) is 15.1. The number of hydrogen-bond acceptors (Lipinski definition) is 6. The van der Waals surface area contributed by atoms with Crippen LogP contribution in [0.25, 0.3) is 11.4 Å². The molecule has 2 aromatic carbocycles. The Labute approximate surface area is 184 Å². The molecule has 3 rings (SSSR count). The lowest BCUT2D eigenvalue weighted by molar-refractivity contribution is -0.122. The van der Waals surface area contributed by atoms with Gasteiger partial charge in [0, 0.05) is 12.0 Å². The maximum absolute atomic E-state index is 14.1. The third-order valence-electron chi connectivity index (χ3n) is 4.84. The van der Waals surface area contributed by atoms with Crippen LogP contribution in [0.15, 0.2) is 40.9 Å². The number of amides is 1. The van der Waals surface area contributed by atoms with E-state index in [0.717, 1.165) is 24.8 Å². The third-order valence-corrected chi connectivity index (χ3v) is 4.84. The Morgan fingerprint density at radius 1 is 1.06 bits per heavy atom. The second kappa shape index (κ2) is 11.3. The monoisotopic (exact) mass is 445 g/mol. The zero-order chi connectivity index (χ0) is 22.9. The van der Waals surface area contributed by atoms with Gasteiger partial charge in [0.25, 0.3) is 0 Å². The standard InChI is InChI=1S/C23H25F2N3O4/c1-30-20-12-17(8-10-19(20)25)23-27-22(32-28-23)6-4-2-3-5-16-11-15(7-9-18(16)24)13-31-14-21(26)29/h7-12H,2-6,13-14H2,1H3,(H2,26,29). The molecule has 32 heavy (non-hydrogen) atoms. The van der Waals surface area contributed by atoms with Crippen molar-refractivity contribution < 1.29 is 27.6 Å². The Balaban J connectivity index is 1.45. The average molecular weight is 445 g/mol. The molecule has 0 radical (unpaired) electrons. The van der Waals surface area contributed by atoms with Crippen LogP contribution in [0.3, 0.4) is 0 Å². The van der Waals surface area contributed by atoms with Gasteiger partial charge in [-0.3, -0.25) is 4.79 Å². The van der Waals surface area contributed by atoms with Crippen molar-refractivity contribution in [2.24, 2.45) is 5.73 Å². The van der Waals surface area contributed by atoms with E-state index in [1.54, 1.807) is 18.2 Å². The van der Waals surface area contributed by atoms with Crippen molar-refractivity contribution in [2.75, 3.05) is 13.7 Å². The molecule has 0 spiro atoms. The van der Waals surface area contributed by atoms with E-state index in [-0.39, 0.29) is 24.8 Å². The minimum Gasteiger partial charge on any atom is -0.494 e. The molecule has 7 nitrogen and oxygen atoms in total. The van der Waals surface area contributed by atoms with Gasteiger partial charge in [0.05, 0.1) is 13.7 Å². The summed E-state index contributed by atoms with van der Waals surface area (Å²) in [5, 5.41) is 3.94. The van der Waals surface area contributed by atoms with Gasteiger partial charge in [-0.25, -0.2) is 8.78 Å². The fraction of sp³-hybridized carbons (Fsp3) is 0.348. The summed E-state index contributed by atoms with van der Waals surface area (Å²) < 4.78 is 43.0. The number of primary amides is 1. The molecule has 1 amide bonds. The Bertz CT molecular complexity index is 1060. The highest BCUT2D eigenvalue weighted by Crippen LogP contribution is 2.24. The summed E-state index contributed by atoms with van der Waals surface area (Å²) in [7, 11) is 1.39. The van der Waals surface area contributed by atoms with E-state index >= 15 is 0 Å². The minimum absolute atomic E-state index is 0.115. The molecule has 0 aliphatic heterocycles. The third kappa shape index (κ3) is 6.58. The van der Waals surface area contributed by atoms with Crippen LogP contribution >= 0.6 is 0 Å². The number of carbonyl (C=O) groups is 1. The molecule has 0 fully saturated rings. The van der Waals surface area contributed by atoms with Crippen LogP contribution in [-0.4, -0.2) is 29.8 Å². The van der Waals surface area contributed by atoms with Gasteiger partial charge in [-0.05, 0) is 54.7 Å². The van der Waals surface area contributed by atoms with E-state index in [4.69, 9.17) is 19.7 Å². The van der Waals surface area contributed by atoms with Crippen LogP contribution in [0.1, 0.15) is 36.3 Å². The number of halogens is 2. The highest BCUT2D eigenvalue weighted by molar-refractivity contribution is 5.74. The molecule has 3 aromatic rings. The number of unbranched alkanes of at least 4 members (excludes halogenated alkanes) is 2. The number of rotatable bonds is 12. The fourth-order valence-corrected chi connectivity index (χ4v) is 3.22.